The van der Waals surface area contributed by atoms with Crippen molar-refractivity contribution >= 4 is 29.1 Å². The largest absolute Gasteiger partial charge is 0.396 e. The van der Waals surface area contributed by atoms with Crippen molar-refractivity contribution in [1.82, 2.24) is 5.32 Å². The molecule has 0 unspecified atom stereocenters. The van der Waals surface area contributed by atoms with Gasteiger partial charge in [-0.3, -0.25) is 4.79 Å². The molecule has 0 saturated heterocycles. The van der Waals surface area contributed by atoms with E-state index < -0.39 is 0 Å². The summed E-state index contributed by atoms with van der Waals surface area (Å²) in [6.07, 6.45) is 3.98. The second-order valence-electron chi connectivity index (χ2n) is 5.49. The van der Waals surface area contributed by atoms with Crippen molar-refractivity contribution in [3.05, 3.63) is 33.8 Å². The Labute approximate surface area is 129 Å². The first-order valence-corrected chi connectivity index (χ1v) is 7.62. The van der Waals surface area contributed by atoms with Crippen LogP contribution in [-0.2, 0) is 11.2 Å². The quantitative estimate of drug-likeness (QED) is 0.811. The minimum atomic E-state index is 0.0280. The second kappa shape index (κ2) is 6.79. The molecular formula is C15H19Cl2NO2. The summed E-state index contributed by atoms with van der Waals surface area (Å²) in [5.41, 5.74) is 1.09. The highest BCUT2D eigenvalue weighted by atomic mass is 35.5. The topological polar surface area (TPSA) is 49.3 Å². The van der Waals surface area contributed by atoms with Crippen LogP contribution in [0.15, 0.2) is 18.2 Å². The molecule has 1 aliphatic rings. The fraction of sp³-hybridized carbons (Fsp3) is 0.533. The van der Waals surface area contributed by atoms with Crippen molar-refractivity contribution < 1.29 is 9.90 Å². The van der Waals surface area contributed by atoms with E-state index in [2.05, 4.69) is 5.32 Å². The monoisotopic (exact) mass is 315 g/mol. The van der Waals surface area contributed by atoms with Crippen LogP contribution in [-0.4, -0.2) is 24.2 Å². The predicted octanol–water partition coefficient (Wildman–Crippen LogP) is 3.20. The maximum absolute atomic E-state index is 11.8. The number of aryl methyl sites for hydroxylation is 1. The number of amides is 1. The molecule has 2 rings (SSSR count). The molecule has 1 saturated carbocycles. The first-order chi connectivity index (χ1) is 9.54. The van der Waals surface area contributed by atoms with Gasteiger partial charge in [-0.1, -0.05) is 29.3 Å². The number of aliphatic hydroxyl groups excluding tert-OH is 1. The molecule has 2 N–H and O–H groups in total. The molecule has 1 aromatic rings. The van der Waals surface area contributed by atoms with Crippen LogP contribution in [0.25, 0.3) is 0 Å². The third-order valence-electron chi connectivity index (χ3n) is 3.90. The SMILES string of the molecule is O=C(CCc1ccc(Cl)cc1Cl)NCC1(CCO)CC1. The lowest BCUT2D eigenvalue weighted by Crippen LogP contribution is -2.30. The van der Waals surface area contributed by atoms with E-state index in [1.54, 1.807) is 12.1 Å². The Morgan fingerprint density at radius 2 is 2.10 bits per heavy atom. The number of nitrogens with one attached hydrogen (secondary N) is 1. The molecule has 0 radical (unpaired) electrons. The minimum absolute atomic E-state index is 0.0280. The van der Waals surface area contributed by atoms with Crippen molar-refractivity contribution in [2.45, 2.75) is 32.1 Å². The maximum Gasteiger partial charge on any atom is 0.220 e. The summed E-state index contributed by atoms with van der Waals surface area (Å²) in [6, 6.07) is 5.32. The fourth-order valence-corrected chi connectivity index (χ4v) is 2.78. The minimum Gasteiger partial charge on any atom is -0.396 e. The van der Waals surface area contributed by atoms with Crippen LogP contribution < -0.4 is 5.32 Å². The Kier molecular flexibility index (Phi) is 5.30. The standard InChI is InChI=1S/C15H19Cl2NO2/c16-12-3-1-11(13(17)9-12)2-4-14(20)18-10-15(5-6-15)7-8-19/h1,3,9,19H,2,4-8,10H2,(H,18,20). The average molecular weight is 316 g/mol. The smallest absolute Gasteiger partial charge is 0.220 e. The number of hydrogen-bond acceptors (Lipinski definition) is 2. The lowest BCUT2D eigenvalue weighted by molar-refractivity contribution is -0.121. The lowest BCUT2D eigenvalue weighted by Gasteiger charge is -2.14. The van der Waals surface area contributed by atoms with Gasteiger partial charge in [0.15, 0.2) is 0 Å². The van der Waals surface area contributed by atoms with Crippen LogP contribution in [0.3, 0.4) is 0 Å². The molecule has 3 nitrogen and oxygen atoms in total. The highest BCUT2D eigenvalue weighted by Gasteiger charge is 2.41. The third-order valence-corrected chi connectivity index (χ3v) is 4.48. The number of hydrogen-bond donors (Lipinski definition) is 2. The van der Waals surface area contributed by atoms with E-state index in [0.29, 0.717) is 29.4 Å². The number of benzene rings is 1. The first kappa shape index (κ1) is 15.6. The van der Waals surface area contributed by atoms with Gasteiger partial charge in [0.2, 0.25) is 5.91 Å². The summed E-state index contributed by atoms with van der Waals surface area (Å²) >= 11 is 11.9. The highest BCUT2D eigenvalue weighted by Crippen LogP contribution is 2.47. The van der Waals surface area contributed by atoms with E-state index in [4.69, 9.17) is 28.3 Å². The molecule has 0 aromatic heterocycles. The molecule has 20 heavy (non-hydrogen) atoms. The van der Waals surface area contributed by atoms with Gasteiger partial charge < -0.3 is 10.4 Å². The second-order valence-corrected chi connectivity index (χ2v) is 6.33. The molecule has 0 bridgehead atoms. The van der Waals surface area contributed by atoms with E-state index in [1.807, 2.05) is 6.07 Å². The van der Waals surface area contributed by atoms with Crippen LogP contribution in [0, 0.1) is 5.41 Å². The number of carbonyl (C=O) groups is 1. The summed E-state index contributed by atoms with van der Waals surface area (Å²) in [5, 5.41) is 13.1. The molecule has 0 aliphatic heterocycles. The highest BCUT2D eigenvalue weighted by molar-refractivity contribution is 6.35. The average Bonchev–Trinajstić information content (AvgIpc) is 3.16. The molecular weight excluding hydrogens is 297 g/mol. The third kappa shape index (κ3) is 4.37. The van der Waals surface area contributed by atoms with E-state index >= 15 is 0 Å². The Morgan fingerprint density at radius 1 is 1.35 bits per heavy atom. The summed E-state index contributed by atoms with van der Waals surface area (Å²) in [7, 11) is 0. The zero-order valence-corrected chi connectivity index (χ0v) is 12.8. The van der Waals surface area contributed by atoms with Gasteiger partial charge in [-0.2, -0.15) is 0 Å². The summed E-state index contributed by atoms with van der Waals surface area (Å²) in [5.74, 6) is 0.0280. The van der Waals surface area contributed by atoms with Crippen molar-refractivity contribution in [3.8, 4) is 0 Å². The van der Waals surface area contributed by atoms with Gasteiger partial charge in [-0.25, -0.2) is 0 Å². The molecule has 1 fully saturated rings. The normalized spacial score (nSPS) is 15.9. The summed E-state index contributed by atoms with van der Waals surface area (Å²) < 4.78 is 0. The van der Waals surface area contributed by atoms with Gasteiger partial charge in [-0.05, 0) is 48.8 Å². The molecule has 1 aromatic carbocycles. The van der Waals surface area contributed by atoms with Crippen LogP contribution in [0.4, 0.5) is 0 Å². The Morgan fingerprint density at radius 3 is 2.70 bits per heavy atom. The predicted molar refractivity (Wildman–Crippen MR) is 81.2 cm³/mol. The van der Waals surface area contributed by atoms with E-state index in [0.717, 1.165) is 24.8 Å². The number of aliphatic hydroxyl groups is 1. The fourth-order valence-electron chi connectivity index (χ4n) is 2.28. The molecule has 1 amide bonds. The Bertz CT molecular complexity index is 487. The van der Waals surface area contributed by atoms with Gasteiger partial charge in [0, 0.05) is 29.6 Å². The maximum atomic E-state index is 11.8. The number of halogens is 2. The number of rotatable bonds is 7. The molecule has 0 atom stereocenters. The number of carbonyl (C=O) groups excluding carboxylic acids is 1. The molecule has 0 heterocycles. The molecule has 5 heteroatoms. The van der Waals surface area contributed by atoms with Gasteiger partial charge in [-0.15, -0.1) is 0 Å². The van der Waals surface area contributed by atoms with E-state index in [1.165, 1.54) is 0 Å². The van der Waals surface area contributed by atoms with E-state index in [-0.39, 0.29) is 17.9 Å². The Balaban J connectivity index is 1.75. The van der Waals surface area contributed by atoms with Gasteiger partial charge >= 0.3 is 0 Å². The van der Waals surface area contributed by atoms with Gasteiger partial charge in [0.05, 0.1) is 0 Å². The Hall–Kier alpha value is -0.770. The van der Waals surface area contributed by atoms with Crippen molar-refractivity contribution in [2.24, 2.45) is 5.41 Å². The van der Waals surface area contributed by atoms with Crippen molar-refractivity contribution in [2.75, 3.05) is 13.2 Å². The molecule has 0 spiro atoms. The van der Waals surface area contributed by atoms with Crippen LogP contribution in [0.5, 0.6) is 0 Å². The first-order valence-electron chi connectivity index (χ1n) is 6.86. The van der Waals surface area contributed by atoms with Gasteiger partial charge in [0.25, 0.3) is 0 Å². The van der Waals surface area contributed by atoms with E-state index in [9.17, 15) is 4.79 Å². The van der Waals surface area contributed by atoms with Crippen LogP contribution in [0.1, 0.15) is 31.2 Å². The molecule has 110 valence electrons. The summed E-state index contributed by atoms with van der Waals surface area (Å²) in [4.78, 5) is 11.8. The lowest BCUT2D eigenvalue weighted by atomic mass is 10.0. The zero-order chi connectivity index (χ0) is 14.6. The summed E-state index contributed by atoms with van der Waals surface area (Å²) in [6.45, 7) is 0.858. The van der Waals surface area contributed by atoms with Crippen LogP contribution >= 0.6 is 23.2 Å². The van der Waals surface area contributed by atoms with Crippen LogP contribution in [0.2, 0.25) is 10.0 Å². The zero-order valence-electron chi connectivity index (χ0n) is 11.3. The van der Waals surface area contributed by atoms with Crippen molar-refractivity contribution in [1.29, 1.82) is 0 Å². The van der Waals surface area contributed by atoms with Gasteiger partial charge in [0.1, 0.15) is 0 Å². The van der Waals surface area contributed by atoms with Crippen molar-refractivity contribution in [3.63, 3.8) is 0 Å². The molecule has 1 aliphatic carbocycles.